The third kappa shape index (κ3) is 5.39. The molecule has 0 bridgehead atoms. The predicted molar refractivity (Wildman–Crippen MR) is 93.3 cm³/mol. The van der Waals surface area contributed by atoms with Crippen LogP contribution in [0.2, 0.25) is 5.02 Å². The van der Waals surface area contributed by atoms with Gasteiger partial charge >= 0.3 is 6.61 Å². The molecule has 2 rings (SSSR count). The molecule has 2 aromatic carbocycles. The average Bonchev–Trinajstić information content (AvgIpc) is 2.62. The summed E-state index contributed by atoms with van der Waals surface area (Å²) in [5.41, 5.74) is 0.128. The molecule has 0 saturated heterocycles. The van der Waals surface area contributed by atoms with Crippen LogP contribution in [0.3, 0.4) is 0 Å². The molecule has 0 fully saturated rings. The SMILES string of the molecule is COc1ccc(/C=C(\C#N)C(=O)Nc2ccc(F)c(Cl)c2)cc1OC(F)F. The lowest BCUT2D eigenvalue weighted by Crippen LogP contribution is -2.13. The Bertz CT molecular complexity index is 927. The molecule has 5 nitrogen and oxygen atoms in total. The highest BCUT2D eigenvalue weighted by atomic mass is 35.5. The van der Waals surface area contributed by atoms with Gasteiger partial charge in [0.1, 0.15) is 17.5 Å². The van der Waals surface area contributed by atoms with E-state index in [1.165, 1.54) is 43.5 Å². The number of rotatable bonds is 6. The second kappa shape index (κ2) is 8.96. The summed E-state index contributed by atoms with van der Waals surface area (Å²) in [6, 6.07) is 9.24. The van der Waals surface area contributed by atoms with Crippen molar-refractivity contribution >= 4 is 29.3 Å². The van der Waals surface area contributed by atoms with Gasteiger partial charge in [-0.05, 0) is 42.0 Å². The number of methoxy groups -OCH3 is 1. The van der Waals surface area contributed by atoms with Crippen LogP contribution in [0.15, 0.2) is 42.0 Å². The van der Waals surface area contributed by atoms with Crippen molar-refractivity contribution in [2.24, 2.45) is 0 Å². The largest absolute Gasteiger partial charge is 0.493 e. The number of anilines is 1. The molecule has 0 aliphatic carbocycles. The van der Waals surface area contributed by atoms with Crippen LogP contribution < -0.4 is 14.8 Å². The summed E-state index contributed by atoms with van der Waals surface area (Å²) < 4.78 is 47.4. The first-order valence-electron chi connectivity index (χ1n) is 7.35. The quantitative estimate of drug-likeness (QED) is 0.570. The Morgan fingerprint density at radius 2 is 2.00 bits per heavy atom. The highest BCUT2D eigenvalue weighted by molar-refractivity contribution is 6.31. The van der Waals surface area contributed by atoms with Gasteiger partial charge in [-0.2, -0.15) is 14.0 Å². The maximum Gasteiger partial charge on any atom is 0.387 e. The zero-order valence-corrected chi connectivity index (χ0v) is 14.6. The molecule has 1 N–H and O–H groups in total. The van der Waals surface area contributed by atoms with E-state index in [-0.39, 0.29) is 33.3 Å². The van der Waals surface area contributed by atoms with E-state index in [2.05, 4.69) is 10.1 Å². The lowest BCUT2D eigenvalue weighted by molar-refractivity contribution is -0.112. The fourth-order valence-corrected chi connectivity index (χ4v) is 2.24. The molecule has 9 heteroatoms. The van der Waals surface area contributed by atoms with Crippen molar-refractivity contribution in [1.29, 1.82) is 5.26 Å². The number of nitriles is 1. The molecular formula is C18H12ClF3N2O3. The molecule has 0 aliphatic rings. The molecule has 0 saturated carbocycles. The van der Waals surface area contributed by atoms with Crippen LogP contribution in [-0.2, 0) is 4.79 Å². The fourth-order valence-electron chi connectivity index (χ4n) is 2.06. The van der Waals surface area contributed by atoms with Crippen molar-refractivity contribution in [2.75, 3.05) is 12.4 Å². The van der Waals surface area contributed by atoms with E-state index in [1.54, 1.807) is 6.07 Å². The smallest absolute Gasteiger partial charge is 0.387 e. The Balaban J connectivity index is 2.27. The van der Waals surface area contributed by atoms with Gasteiger partial charge in [-0.15, -0.1) is 0 Å². The summed E-state index contributed by atoms with van der Waals surface area (Å²) >= 11 is 5.64. The Labute approximate surface area is 157 Å². The Morgan fingerprint density at radius 1 is 1.26 bits per heavy atom. The number of hydrogen-bond donors (Lipinski definition) is 1. The van der Waals surface area contributed by atoms with Crippen LogP contribution >= 0.6 is 11.6 Å². The lowest BCUT2D eigenvalue weighted by Gasteiger charge is -2.10. The maximum absolute atomic E-state index is 13.2. The number of carbonyl (C=O) groups excluding carboxylic acids is 1. The monoisotopic (exact) mass is 396 g/mol. The van der Waals surface area contributed by atoms with Crippen LogP contribution in [0.1, 0.15) is 5.56 Å². The second-order valence-corrected chi connectivity index (χ2v) is 5.45. The summed E-state index contributed by atoms with van der Waals surface area (Å²) in [6.07, 6.45) is 1.18. The number of amides is 1. The highest BCUT2D eigenvalue weighted by Gasteiger charge is 2.14. The van der Waals surface area contributed by atoms with E-state index in [0.29, 0.717) is 0 Å². The number of alkyl halides is 2. The summed E-state index contributed by atoms with van der Waals surface area (Å²) in [7, 11) is 1.28. The number of nitrogens with zero attached hydrogens (tertiary/aromatic N) is 1. The van der Waals surface area contributed by atoms with Gasteiger partial charge in [-0.1, -0.05) is 17.7 Å². The molecule has 0 aliphatic heterocycles. The fraction of sp³-hybridized carbons (Fsp3) is 0.111. The Morgan fingerprint density at radius 3 is 2.59 bits per heavy atom. The maximum atomic E-state index is 13.2. The Kier molecular flexibility index (Phi) is 6.68. The number of carbonyl (C=O) groups is 1. The molecule has 0 spiro atoms. The molecular weight excluding hydrogens is 385 g/mol. The van der Waals surface area contributed by atoms with Crippen LogP contribution in [0.25, 0.3) is 6.08 Å². The van der Waals surface area contributed by atoms with E-state index >= 15 is 0 Å². The first-order chi connectivity index (χ1) is 12.8. The zero-order valence-electron chi connectivity index (χ0n) is 13.8. The van der Waals surface area contributed by atoms with Gasteiger partial charge in [-0.25, -0.2) is 4.39 Å². The summed E-state index contributed by atoms with van der Waals surface area (Å²) in [5.74, 6) is -1.62. The van der Waals surface area contributed by atoms with Gasteiger partial charge in [0.15, 0.2) is 11.5 Å². The van der Waals surface area contributed by atoms with Gasteiger partial charge in [-0.3, -0.25) is 4.79 Å². The minimum atomic E-state index is -3.07. The van der Waals surface area contributed by atoms with Crippen LogP contribution in [0.5, 0.6) is 11.5 Å². The van der Waals surface area contributed by atoms with Gasteiger partial charge in [0.2, 0.25) is 0 Å². The van der Waals surface area contributed by atoms with Crippen LogP contribution in [0.4, 0.5) is 18.9 Å². The first-order valence-corrected chi connectivity index (χ1v) is 7.73. The molecule has 0 atom stereocenters. The average molecular weight is 397 g/mol. The van der Waals surface area contributed by atoms with Crippen LogP contribution in [-0.4, -0.2) is 19.6 Å². The normalized spacial score (nSPS) is 11.1. The van der Waals surface area contributed by atoms with Crippen molar-refractivity contribution < 1.29 is 27.4 Å². The number of benzene rings is 2. The summed E-state index contributed by atoms with van der Waals surface area (Å²) in [6.45, 7) is -3.07. The van der Waals surface area contributed by atoms with Crippen LogP contribution in [0, 0.1) is 17.1 Å². The van der Waals surface area contributed by atoms with Crippen molar-refractivity contribution in [3.05, 3.63) is 58.4 Å². The van der Waals surface area contributed by atoms with Gasteiger partial charge < -0.3 is 14.8 Å². The molecule has 0 aromatic heterocycles. The highest BCUT2D eigenvalue weighted by Crippen LogP contribution is 2.30. The third-order valence-corrected chi connectivity index (χ3v) is 3.55. The van der Waals surface area contributed by atoms with Crippen molar-refractivity contribution in [3.63, 3.8) is 0 Å². The zero-order chi connectivity index (χ0) is 20.0. The van der Waals surface area contributed by atoms with E-state index in [0.717, 1.165) is 6.07 Å². The summed E-state index contributed by atoms with van der Waals surface area (Å²) in [4.78, 5) is 12.2. The van der Waals surface area contributed by atoms with Gasteiger partial charge in [0.05, 0.1) is 12.1 Å². The summed E-state index contributed by atoms with van der Waals surface area (Å²) in [5, 5.41) is 11.4. The standard InChI is InChI=1S/C18H12ClF3N2O3/c1-26-15-5-2-10(7-16(15)27-18(21)22)6-11(9-23)17(25)24-12-3-4-14(20)13(19)8-12/h2-8,18H,1H3,(H,24,25)/b11-6+. The minimum absolute atomic E-state index is 0.0661. The predicted octanol–water partition coefficient (Wildman–Crippen LogP) is 4.63. The van der Waals surface area contributed by atoms with E-state index in [1.807, 2.05) is 0 Å². The Hall–Kier alpha value is -3.18. The third-order valence-electron chi connectivity index (χ3n) is 3.26. The van der Waals surface area contributed by atoms with Gasteiger partial charge in [0, 0.05) is 5.69 Å². The molecule has 140 valence electrons. The minimum Gasteiger partial charge on any atom is -0.493 e. The van der Waals surface area contributed by atoms with E-state index in [4.69, 9.17) is 16.3 Å². The number of halogens is 4. The topological polar surface area (TPSA) is 71.3 Å². The molecule has 0 radical (unpaired) electrons. The molecule has 2 aromatic rings. The van der Waals surface area contributed by atoms with Crippen molar-refractivity contribution in [1.82, 2.24) is 0 Å². The first kappa shape index (κ1) is 20.1. The van der Waals surface area contributed by atoms with Crippen molar-refractivity contribution in [2.45, 2.75) is 6.61 Å². The van der Waals surface area contributed by atoms with E-state index < -0.39 is 18.3 Å². The molecule has 1 amide bonds. The molecule has 27 heavy (non-hydrogen) atoms. The van der Waals surface area contributed by atoms with Gasteiger partial charge in [0.25, 0.3) is 5.91 Å². The lowest BCUT2D eigenvalue weighted by atomic mass is 10.1. The van der Waals surface area contributed by atoms with E-state index in [9.17, 15) is 23.2 Å². The molecule has 0 unspecified atom stereocenters. The number of nitrogens with one attached hydrogen (secondary N) is 1. The van der Waals surface area contributed by atoms with Crippen molar-refractivity contribution in [3.8, 4) is 17.6 Å². The molecule has 0 heterocycles. The number of ether oxygens (including phenoxy) is 2. The number of hydrogen-bond acceptors (Lipinski definition) is 4. The second-order valence-electron chi connectivity index (χ2n) is 5.04.